The first-order valence-electron chi connectivity index (χ1n) is 9.17. The Hall–Kier alpha value is -0.900. The van der Waals surface area contributed by atoms with Crippen LogP contribution in [-0.2, 0) is 33.3 Å². The second-order valence-corrected chi connectivity index (χ2v) is 8.94. The van der Waals surface area contributed by atoms with E-state index in [9.17, 15) is 9.59 Å². The minimum atomic E-state index is -1.13. The van der Waals surface area contributed by atoms with Gasteiger partial charge in [-0.15, -0.1) is 0 Å². The Kier molecular flexibility index (Phi) is 7.52. The van der Waals surface area contributed by atoms with Gasteiger partial charge in [0.25, 0.3) is 0 Å². The molecule has 7 nitrogen and oxygen atoms in total. The van der Waals surface area contributed by atoms with Crippen LogP contribution in [0.25, 0.3) is 0 Å². The van der Waals surface area contributed by atoms with E-state index in [4.69, 9.17) is 35.9 Å². The monoisotopic (exact) mass is 420 g/mol. The summed E-state index contributed by atoms with van der Waals surface area (Å²) in [5.41, 5.74) is -0.155. The van der Waals surface area contributed by atoms with Gasteiger partial charge < -0.3 is 23.7 Å². The van der Waals surface area contributed by atoms with Crippen molar-refractivity contribution < 1.29 is 33.3 Å². The molecule has 27 heavy (non-hydrogen) atoms. The van der Waals surface area contributed by atoms with Gasteiger partial charge in [-0.2, -0.15) is 0 Å². The van der Waals surface area contributed by atoms with Gasteiger partial charge in [0.05, 0.1) is 44.2 Å². The smallest absolute Gasteiger partial charge is 0.320 e. The Bertz CT molecular complexity index is 550. The van der Waals surface area contributed by atoms with Crippen LogP contribution in [0.15, 0.2) is 0 Å². The van der Waals surface area contributed by atoms with Gasteiger partial charge in [-0.3, -0.25) is 9.59 Å². The molecular formula is C18H28O7S2. The van der Waals surface area contributed by atoms with Gasteiger partial charge in [-0.05, 0) is 33.0 Å². The van der Waals surface area contributed by atoms with E-state index in [0.717, 1.165) is 0 Å². The van der Waals surface area contributed by atoms with Gasteiger partial charge in [-0.25, -0.2) is 0 Å². The molecule has 2 fully saturated rings. The van der Waals surface area contributed by atoms with E-state index in [1.165, 1.54) is 11.8 Å². The summed E-state index contributed by atoms with van der Waals surface area (Å²) in [7, 11) is 0. The molecule has 0 aromatic heterocycles. The zero-order valence-corrected chi connectivity index (χ0v) is 18.1. The zero-order chi connectivity index (χ0) is 20.2. The Morgan fingerprint density at radius 3 is 1.96 bits per heavy atom. The van der Waals surface area contributed by atoms with Crippen LogP contribution in [0, 0.1) is 17.3 Å². The Morgan fingerprint density at radius 2 is 1.52 bits per heavy atom. The van der Waals surface area contributed by atoms with Crippen molar-refractivity contribution in [1.29, 1.82) is 0 Å². The molecule has 1 heterocycles. The minimum Gasteiger partial charge on any atom is -0.479 e. The first-order valence-corrected chi connectivity index (χ1v) is 10.5. The van der Waals surface area contributed by atoms with Gasteiger partial charge in [0.1, 0.15) is 0 Å². The summed E-state index contributed by atoms with van der Waals surface area (Å²) in [5, 5.41) is -0.355. The maximum atomic E-state index is 12.5. The Balaban J connectivity index is 2.27. The molecule has 1 spiro atoms. The van der Waals surface area contributed by atoms with Gasteiger partial charge in [0, 0.05) is 5.41 Å². The molecule has 0 unspecified atom stereocenters. The summed E-state index contributed by atoms with van der Waals surface area (Å²) in [6, 6.07) is 0. The Morgan fingerprint density at radius 1 is 1.04 bits per heavy atom. The van der Waals surface area contributed by atoms with Crippen LogP contribution in [0.5, 0.6) is 0 Å². The second kappa shape index (κ2) is 9.07. The zero-order valence-electron chi connectivity index (χ0n) is 16.4. The molecular weight excluding hydrogens is 392 g/mol. The van der Waals surface area contributed by atoms with Crippen LogP contribution in [0.2, 0.25) is 0 Å². The molecule has 2 atom stereocenters. The number of carbonyl (C=O) groups is 2. The highest BCUT2D eigenvalue weighted by Crippen LogP contribution is 2.61. The molecule has 1 aliphatic heterocycles. The van der Waals surface area contributed by atoms with E-state index < -0.39 is 29.6 Å². The molecule has 0 radical (unpaired) electrons. The lowest BCUT2D eigenvalue weighted by atomic mass is 9.95. The van der Waals surface area contributed by atoms with Gasteiger partial charge in [0.2, 0.25) is 4.38 Å². The lowest BCUT2D eigenvalue weighted by Gasteiger charge is -2.36. The number of thiocarbonyl (C=S) groups is 1. The number of ether oxygens (including phenoxy) is 5. The molecule has 0 N–H and O–H groups in total. The topological polar surface area (TPSA) is 80.3 Å². The molecule has 9 heteroatoms. The molecule has 0 aromatic rings. The van der Waals surface area contributed by atoms with Crippen molar-refractivity contribution in [2.75, 3.05) is 33.0 Å². The molecule has 0 bridgehead atoms. The SMILES string of the molecule is CCOC(=O)C(C(=O)OCC)[C@H]1[C@H](SC(=S)OCC)C12OCC(C)(C)CO2. The number of carbonyl (C=O) groups excluding carboxylic acids is 2. The minimum absolute atomic E-state index is 0.155. The van der Waals surface area contributed by atoms with Crippen molar-refractivity contribution in [3.05, 3.63) is 0 Å². The molecule has 0 aromatic carbocycles. The summed E-state index contributed by atoms with van der Waals surface area (Å²) in [5.74, 6) is -4.04. The van der Waals surface area contributed by atoms with Crippen LogP contribution >= 0.6 is 24.0 Å². The third-order valence-electron chi connectivity index (χ3n) is 4.38. The Labute approximate surface area is 169 Å². The summed E-state index contributed by atoms with van der Waals surface area (Å²) in [6.07, 6.45) is 0. The fraction of sp³-hybridized carbons (Fsp3) is 0.833. The van der Waals surface area contributed by atoms with Crippen molar-refractivity contribution in [3.63, 3.8) is 0 Å². The van der Waals surface area contributed by atoms with Crippen molar-refractivity contribution >= 4 is 40.3 Å². The highest BCUT2D eigenvalue weighted by molar-refractivity contribution is 8.23. The molecule has 2 rings (SSSR count). The standard InChI is InChI=1S/C18H28O7S2/c1-6-21-14(19)11(15(20)22-7-2)12-13(27-16(26)23-8-3)18(12)24-9-17(4,5)10-25-18/h11-13H,6-10H2,1-5H3/t12-,13-/m0/s1. The summed E-state index contributed by atoms with van der Waals surface area (Å²) >= 11 is 6.48. The van der Waals surface area contributed by atoms with Crippen molar-refractivity contribution in [1.82, 2.24) is 0 Å². The summed E-state index contributed by atoms with van der Waals surface area (Å²) < 4.78 is 28.1. The lowest BCUT2D eigenvalue weighted by Crippen LogP contribution is -2.43. The van der Waals surface area contributed by atoms with E-state index >= 15 is 0 Å². The van der Waals surface area contributed by atoms with Crippen LogP contribution < -0.4 is 0 Å². The predicted molar refractivity (Wildman–Crippen MR) is 104 cm³/mol. The van der Waals surface area contributed by atoms with E-state index in [1.807, 2.05) is 20.8 Å². The molecule has 1 aliphatic carbocycles. The lowest BCUT2D eigenvalue weighted by molar-refractivity contribution is -0.252. The number of thioether (sulfide) groups is 1. The van der Waals surface area contributed by atoms with Crippen molar-refractivity contribution in [2.45, 2.75) is 45.7 Å². The molecule has 0 amide bonds. The predicted octanol–water partition coefficient (Wildman–Crippen LogP) is 2.55. The van der Waals surface area contributed by atoms with E-state index in [-0.39, 0.29) is 23.9 Å². The summed E-state index contributed by atoms with van der Waals surface area (Å²) in [6.45, 7) is 10.9. The maximum absolute atomic E-state index is 12.5. The number of hydrogen-bond donors (Lipinski definition) is 0. The average molecular weight is 421 g/mol. The average Bonchev–Trinajstić information content (AvgIpc) is 3.17. The summed E-state index contributed by atoms with van der Waals surface area (Å²) in [4.78, 5) is 25.1. The second-order valence-electron chi connectivity index (χ2n) is 7.19. The highest BCUT2D eigenvalue weighted by atomic mass is 32.2. The van der Waals surface area contributed by atoms with Crippen LogP contribution in [-0.4, -0.2) is 60.4 Å². The van der Waals surface area contributed by atoms with Gasteiger partial charge in [-0.1, -0.05) is 25.6 Å². The van der Waals surface area contributed by atoms with E-state index in [0.29, 0.717) is 24.2 Å². The number of hydrogen-bond acceptors (Lipinski definition) is 9. The molecule has 1 saturated carbocycles. The van der Waals surface area contributed by atoms with Gasteiger partial charge >= 0.3 is 11.9 Å². The fourth-order valence-corrected chi connectivity index (χ4v) is 4.76. The number of esters is 2. The quantitative estimate of drug-likeness (QED) is 0.351. The van der Waals surface area contributed by atoms with Crippen LogP contribution in [0.4, 0.5) is 0 Å². The van der Waals surface area contributed by atoms with Crippen molar-refractivity contribution in [2.24, 2.45) is 17.3 Å². The first-order chi connectivity index (χ1) is 12.7. The van der Waals surface area contributed by atoms with E-state index in [1.54, 1.807) is 13.8 Å². The molecule has 1 saturated heterocycles. The van der Waals surface area contributed by atoms with Gasteiger partial charge in [0.15, 0.2) is 11.7 Å². The molecule has 154 valence electrons. The first kappa shape index (κ1) is 22.4. The number of rotatable bonds is 7. The largest absolute Gasteiger partial charge is 0.479 e. The van der Waals surface area contributed by atoms with Crippen molar-refractivity contribution in [3.8, 4) is 0 Å². The normalized spacial score (nSPS) is 25.1. The maximum Gasteiger partial charge on any atom is 0.320 e. The van der Waals surface area contributed by atoms with E-state index in [2.05, 4.69) is 0 Å². The highest BCUT2D eigenvalue weighted by Gasteiger charge is 2.76. The van der Waals surface area contributed by atoms with Crippen LogP contribution in [0.3, 0.4) is 0 Å². The van der Waals surface area contributed by atoms with Crippen LogP contribution in [0.1, 0.15) is 34.6 Å². The third-order valence-corrected chi connectivity index (χ3v) is 5.97. The fourth-order valence-electron chi connectivity index (χ4n) is 3.06. The molecule has 2 aliphatic rings. The third kappa shape index (κ3) is 4.93.